The summed E-state index contributed by atoms with van der Waals surface area (Å²) in [5.41, 5.74) is 4.95. The molecule has 130 valence electrons. The van der Waals surface area contributed by atoms with Gasteiger partial charge in [0, 0.05) is 47.7 Å². The summed E-state index contributed by atoms with van der Waals surface area (Å²) in [4.78, 5) is 26.5. The third kappa shape index (κ3) is 3.21. The van der Waals surface area contributed by atoms with E-state index in [0.29, 0.717) is 18.2 Å². The maximum atomic E-state index is 11.9. The van der Waals surface area contributed by atoms with Gasteiger partial charge >= 0.3 is 0 Å². The molecule has 4 rings (SSSR count). The minimum atomic E-state index is -0.183. The van der Waals surface area contributed by atoms with Gasteiger partial charge in [0.25, 0.3) is 5.56 Å². The third-order valence-corrected chi connectivity index (χ3v) is 4.41. The predicted octanol–water partition coefficient (Wildman–Crippen LogP) is 3.28. The molecule has 3 heterocycles. The zero-order valence-corrected chi connectivity index (χ0v) is 14.4. The zero-order valence-electron chi connectivity index (χ0n) is 14.4. The van der Waals surface area contributed by atoms with Crippen molar-refractivity contribution in [1.82, 2.24) is 19.9 Å². The Bertz CT molecular complexity index is 1100. The lowest BCUT2D eigenvalue weighted by molar-refractivity contribution is 0.983. The lowest BCUT2D eigenvalue weighted by atomic mass is 10.1. The van der Waals surface area contributed by atoms with Crippen LogP contribution in [0.4, 0.5) is 5.95 Å². The van der Waals surface area contributed by atoms with E-state index >= 15 is 0 Å². The van der Waals surface area contributed by atoms with Crippen LogP contribution in [0.25, 0.3) is 22.2 Å². The summed E-state index contributed by atoms with van der Waals surface area (Å²) in [6.45, 7) is 2.77. The van der Waals surface area contributed by atoms with Crippen molar-refractivity contribution in [2.45, 2.75) is 13.3 Å². The number of aromatic amines is 2. The molecule has 0 aliphatic carbocycles. The first kappa shape index (κ1) is 16.1. The summed E-state index contributed by atoms with van der Waals surface area (Å²) in [5.74, 6) is 0.473. The fourth-order valence-corrected chi connectivity index (χ4v) is 3.10. The topological polar surface area (TPSA) is 86.5 Å². The van der Waals surface area contributed by atoms with E-state index in [2.05, 4.69) is 50.4 Å². The first-order valence-electron chi connectivity index (χ1n) is 8.52. The predicted molar refractivity (Wildman–Crippen MR) is 103 cm³/mol. The number of hydrogen-bond donors (Lipinski definition) is 3. The molecule has 0 spiro atoms. The Morgan fingerprint density at radius 2 is 2.00 bits per heavy atom. The summed E-state index contributed by atoms with van der Waals surface area (Å²) >= 11 is 0. The van der Waals surface area contributed by atoms with Crippen LogP contribution in [0.2, 0.25) is 0 Å². The van der Waals surface area contributed by atoms with Crippen LogP contribution in [0.15, 0.2) is 59.8 Å². The minimum Gasteiger partial charge on any atom is -0.361 e. The fraction of sp³-hybridized carbons (Fsp3) is 0.150. The van der Waals surface area contributed by atoms with Crippen molar-refractivity contribution in [2.24, 2.45) is 0 Å². The van der Waals surface area contributed by atoms with Crippen LogP contribution in [0.5, 0.6) is 0 Å². The highest BCUT2D eigenvalue weighted by atomic mass is 16.1. The number of para-hydroxylation sites is 1. The van der Waals surface area contributed by atoms with Crippen LogP contribution in [0.3, 0.4) is 0 Å². The normalized spacial score (nSPS) is 11.0. The number of nitrogens with one attached hydrogen (secondary N) is 3. The SMILES string of the molecule is Cc1cccc2c(CCNc3nc(-c4ccncc4)cc(=O)[nH]3)c[nH]c12. The molecule has 0 unspecified atom stereocenters. The Morgan fingerprint density at radius 1 is 1.15 bits per heavy atom. The minimum absolute atomic E-state index is 0.183. The summed E-state index contributed by atoms with van der Waals surface area (Å²) in [6, 6.07) is 11.4. The van der Waals surface area contributed by atoms with Crippen molar-refractivity contribution in [3.05, 3.63) is 76.5 Å². The maximum Gasteiger partial charge on any atom is 0.252 e. The molecule has 0 aliphatic heterocycles. The fourth-order valence-electron chi connectivity index (χ4n) is 3.10. The number of aromatic nitrogens is 4. The molecule has 0 amide bonds. The first-order chi connectivity index (χ1) is 12.7. The van der Waals surface area contributed by atoms with Gasteiger partial charge in [0.2, 0.25) is 5.95 Å². The van der Waals surface area contributed by atoms with E-state index in [1.165, 1.54) is 28.1 Å². The van der Waals surface area contributed by atoms with Crippen molar-refractivity contribution in [3.8, 4) is 11.3 Å². The van der Waals surface area contributed by atoms with Gasteiger partial charge < -0.3 is 10.3 Å². The van der Waals surface area contributed by atoms with Gasteiger partial charge in [0.15, 0.2) is 0 Å². The number of aryl methyl sites for hydroxylation is 1. The second kappa shape index (κ2) is 6.84. The molecule has 0 fully saturated rings. The molecule has 0 aliphatic rings. The molecule has 3 aromatic heterocycles. The van der Waals surface area contributed by atoms with E-state index in [0.717, 1.165) is 12.0 Å². The monoisotopic (exact) mass is 345 g/mol. The van der Waals surface area contributed by atoms with Gasteiger partial charge in [0.05, 0.1) is 5.69 Å². The molecule has 0 bridgehead atoms. The van der Waals surface area contributed by atoms with Gasteiger partial charge in [0.1, 0.15) is 0 Å². The molecule has 26 heavy (non-hydrogen) atoms. The van der Waals surface area contributed by atoms with Gasteiger partial charge in [-0.2, -0.15) is 0 Å². The molecule has 3 N–H and O–H groups in total. The van der Waals surface area contributed by atoms with Gasteiger partial charge in [-0.15, -0.1) is 0 Å². The number of nitrogens with zero attached hydrogens (tertiary/aromatic N) is 2. The average molecular weight is 345 g/mol. The Balaban J connectivity index is 1.50. The van der Waals surface area contributed by atoms with Crippen molar-refractivity contribution >= 4 is 16.9 Å². The number of anilines is 1. The number of fused-ring (bicyclic) bond motifs is 1. The van der Waals surface area contributed by atoms with Crippen LogP contribution < -0.4 is 10.9 Å². The highest BCUT2D eigenvalue weighted by molar-refractivity contribution is 5.85. The quantitative estimate of drug-likeness (QED) is 0.518. The molecule has 0 radical (unpaired) electrons. The number of H-pyrrole nitrogens is 2. The smallest absolute Gasteiger partial charge is 0.252 e. The highest BCUT2D eigenvalue weighted by Crippen LogP contribution is 2.21. The molecule has 6 heteroatoms. The molecule has 1 aromatic carbocycles. The van der Waals surface area contributed by atoms with Crippen LogP contribution >= 0.6 is 0 Å². The van der Waals surface area contributed by atoms with Crippen LogP contribution in [0, 0.1) is 6.92 Å². The molecule has 0 atom stereocenters. The number of rotatable bonds is 5. The molecule has 0 saturated heterocycles. The molecular weight excluding hydrogens is 326 g/mol. The van der Waals surface area contributed by atoms with E-state index in [1.807, 2.05) is 18.3 Å². The van der Waals surface area contributed by atoms with Crippen LogP contribution in [-0.4, -0.2) is 26.5 Å². The van der Waals surface area contributed by atoms with E-state index in [1.54, 1.807) is 12.4 Å². The summed E-state index contributed by atoms with van der Waals surface area (Å²) in [6.07, 6.45) is 6.24. The number of hydrogen-bond acceptors (Lipinski definition) is 4. The van der Waals surface area contributed by atoms with Crippen LogP contribution in [0.1, 0.15) is 11.1 Å². The van der Waals surface area contributed by atoms with E-state index in [4.69, 9.17) is 0 Å². The molecular formula is C20H19N5O. The number of benzene rings is 1. The largest absolute Gasteiger partial charge is 0.361 e. The first-order valence-corrected chi connectivity index (χ1v) is 8.52. The van der Waals surface area contributed by atoms with Crippen molar-refractivity contribution in [3.63, 3.8) is 0 Å². The van der Waals surface area contributed by atoms with Gasteiger partial charge in [-0.05, 0) is 36.6 Å². The zero-order chi connectivity index (χ0) is 17.9. The lowest BCUT2D eigenvalue weighted by Gasteiger charge is -2.07. The second-order valence-corrected chi connectivity index (χ2v) is 6.20. The summed E-state index contributed by atoms with van der Waals surface area (Å²) in [7, 11) is 0. The van der Waals surface area contributed by atoms with Gasteiger partial charge in [-0.1, -0.05) is 18.2 Å². The van der Waals surface area contributed by atoms with E-state index in [9.17, 15) is 4.79 Å². The van der Waals surface area contributed by atoms with Crippen LogP contribution in [-0.2, 0) is 6.42 Å². The van der Waals surface area contributed by atoms with Crippen molar-refractivity contribution in [1.29, 1.82) is 0 Å². The Kier molecular flexibility index (Phi) is 4.23. The maximum absolute atomic E-state index is 11.9. The Hall–Kier alpha value is -3.41. The van der Waals surface area contributed by atoms with E-state index in [-0.39, 0.29) is 5.56 Å². The molecule has 6 nitrogen and oxygen atoms in total. The summed E-state index contributed by atoms with van der Waals surface area (Å²) < 4.78 is 0. The molecule has 0 saturated carbocycles. The Morgan fingerprint density at radius 3 is 2.85 bits per heavy atom. The van der Waals surface area contributed by atoms with Gasteiger partial charge in [-0.3, -0.25) is 14.8 Å². The third-order valence-electron chi connectivity index (χ3n) is 4.41. The second-order valence-electron chi connectivity index (χ2n) is 6.20. The lowest BCUT2D eigenvalue weighted by Crippen LogP contribution is -2.14. The van der Waals surface area contributed by atoms with E-state index < -0.39 is 0 Å². The molecule has 4 aromatic rings. The van der Waals surface area contributed by atoms with Gasteiger partial charge in [-0.25, -0.2) is 4.98 Å². The average Bonchev–Trinajstić information content (AvgIpc) is 3.07. The standard InChI is InChI=1S/C20H19N5O/c1-13-3-2-4-16-15(12-23-19(13)16)7-10-22-20-24-17(11-18(26)25-20)14-5-8-21-9-6-14/h2-6,8-9,11-12,23H,7,10H2,1H3,(H2,22,24,25,26). The van der Waals surface area contributed by atoms with Crippen molar-refractivity contribution < 1.29 is 0 Å². The van der Waals surface area contributed by atoms with Crippen molar-refractivity contribution in [2.75, 3.05) is 11.9 Å². The summed E-state index contributed by atoms with van der Waals surface area (Å²) in [5, 5.41) is 4.45. The highest BCUT2D eigenvalue weighted by Gasteiger charge is 2.07. The number of pyridine rings is 1. The Labute approximate surface area is 150 Å².